The highest BCUT2D eigenvalue weighted by atomic mass is 35.5. The van der Waals surface area contributed by atoms with Crippen LogP contribution in [-0.4, -0.2) is 15.5 Å². The molecule has 0 amide bonds. The predicted octanol–water partition coefficient (Wildman–Crippen LogP) is 3.06. The van der Waals surface area contributed by atoms with Gasteiger partial charge >= 0.3 is 0 Å². The fraction of sp³-hybridized carbons (Fsp3) is 0.167. The average Bonchev–Trinajstić information content (AvgIpc) is 2.83. The van der Waals surface area contributed by atoms with Gasteiger partial charge in [-0.15, -0.1) is 11.3 Å². The lowest BCUT2D eigenvalue weighted by Crippen LogP contribution is -2.11. The Balaban J connectivity index is 2.23. The van der Waals surface area contributed by atoms with E-state index in [9.17, 15) is 12.8 Å². The highest BCUT2D eigenvalue weighted by Crippen LogP contribution is 2.25. The van der Waals surface area contributed by atoms with Crippen molar-refractivity contribution in [2.45, 2.75) is 10.8 Å². The summed E-state index contributed by atoms with van der Waals surface area (Å²) in [5.74, 6) is -0.672. The van der Waals surface area contributed by atoms with Crippen molar-refractivity contribution in [2.24, 2.45) is 0 Å². The van der Waals surface area contributed by atoms with Gasteiger partial charge < -0.3 is 5.32 Å². The average molecular weight is 335 g/mol. The molecule has 108 valence electrons. The lowest BCUT2D eigenvalue weighted by Gasteiger charge is -2.06. The Kier molecular flexibility index (Phi) is 4.64. The van der Waals surface area contributed by atoms with Crippen molar-refractivity contribution in [1.82, 2.24) is 5.32 Å². The number of halogens is 2. The predicted molar refractivity (Wildman–Crippen MR) is 79.3 cm³/mol. The topological polar surface area (TPSA) is 58.2 Å². The van der Waals surface area contributed by atoms with Crippen LogP contribution in [0.25, 0.3) is 0 Å². The number of hydrogen-bond donors (Lipinski definition) is 2. The molecule has 0 aliphatic carbocycles. The molecule has 20 heavy (non-hydrogen) atoms. The second-order valence-electron chi connectivity index (χ2n) is 3.99. The minimum atomic E-state index is -3.71. The monoisotopic (exact) mass is 334 g/mol. The molecule has 8 heteroatoms. The number of nitrogens with one attached hydrogen (secondary N) is 2. The van der Waals surface area contributed by atoms with Gasteiger partial charge in [-0.2, -0.15) is 0 Å². The van der Waals surface area contributed by atoms with Crippen molar-refractivity contribution in [2.75, 3.05) is 11.8 Å². The zero-order chi connectivity index (χ0) is 14.8. The molecule has 0 aliphatic heterocycles. The normalized spacial score (nSPS) is 11.6. The lowest BCUT2D eigenvalue weighted by molar-refractivity contribution is 0.603. The van der Waals surface area contributed by atoms with Gasteiger partial charge in [-0.1, -0.05) is 11.6 Å². The number of thiophene rings is 1. The molecule has 0 spiro atoms. The first kappa shape index (κ1) is 15.2. The molecule has 4 nitrogen and oxygen atoms in total. The summed E-state index contributed by atoms with van der Waals surface area (Å²) < 4.78 is 40.1. The summed E-state index contributed by atoms with van der Waals surface area (Å²) in [5.41, 5.74) is 0.135. The Morgan fingerprint density at radius 2 is 2.05 bits per heavy atom. The number of benzene rings is 1. The van der Waals surface area contributed by atoms with Crippen LogP contribution in [0.5, 0.6) is 0 Å². The van der Waals surface area contributed by atoms with Gasteiger partial charge in [0.1, 0.15) is 10.0 Å². The molecule has 1 heterocycles. The highest BCUT2D eigenvalue weighted by molar-refractivity contribution is 7.94. The van der Waals surface area contributed by atoms with E-state index in [4.69, 9.17) is 11.6 Å². The van der Waals surface area contributed by atoms with Gasteiger partial charge in [-0.3, -0.25) is 4.72 Å². The Bertz CT molecular complexity index is 716. The highest BCUT2D eigenvalue weighted by Gasteiger charge is 2.17. The molecular weight excluding hydrogens is 323 g/mol. The van der Waals surface area contributed by atoms with Crippen LogP contribution in [-0.2, 0) is 16.6 Å². The third-order valence-electron chi connectivity index (χ3n) is 2.42. The fourth-order valence-electron chi connectivity index (χ4n) is 1.54. The van der Waals surface area contributed by atoms with E-state index in [2.05, 4.69) is 10.0 Å². The third-order valence-corrected chi connectivity index (χ3v) is 5.69. The van der Waals surface area contributed by atoms with Crippen molar-refractivity contribution in [1.29, 1.82) is 0 Å². The second kappa shape index (κ2) is 6.09. The summed E-state index contributed by atoms with van der Waals surface area (Å²) in [6, 6.07) is 7.01. The standard InChI is InChI=1S/C12H12ClFN2O2S2/c1-15-7-9-3-5-12(19-9)20(17,18)16-8-2-4-10(13)11(14)6-8/h2-6,15-16H,7H2,1H3. The van der Waals surface area contributed by atoms with Crippen LogP contribution in [0, 0.1) is 5.82 Å². The van der Waals surface area contributed by atoms with Gasteiger partial charge in [-0.25, -0.2) is 12.8 Å². The fourth-order valence-corrected chi connectivity index (χ4v) is 4.07. The van der Waals surface area contributed by atoms with Crippen LogP contribution in [0.2, 0.25) is 5.02 Å². The molecule has 0 unspecified atom stereocenters. The molecule has 0 saturated heterocycles. The lowest BCUT2D eigenvalue weighted by atomic mass is 10.3. The van der Waals surface area contributed by atoms with Crippen molar-refractivity contribution in [3.8, 4) is 0 Å². The van der Waals surface area contributed by atoms with E-state index in [-0.39, 0.29) is 14.9 Å². The number of rotatable bonds is 5. The zero-order valence-electron chi connectivity index (χ0n) is 10.5. The maximum absolute atomic E-state index is 13.3. The molecule has 0 radical (unpaired) electrons. The molecule has 2 aromatic rings. The SMILES string of the molecule is CNCc1ccc(S(=O)(=O)Nc2ccc(Cl)c(F)c2)s1. The first-order chi connectivity index (χ1) is 9.42. The van der Waals surface area contributed by atoms with Crippen molar-refractivity contribution in [3.63, 3.8) is 0 Å². The van der Waals surface area contributed by atoms with Gasteiger partial charge in [0.25, 0.3) is 10.0 Å². The van der Waals surface area contributed by atoms with E-state index in [0.717, 1.165) is 22.3 Å². The van der Waals surface area contributed by atoms with Crippen LogP contribution in [0.4, 0.5) is 10.1 Å². The van der Waals surface area contributed by atoms with Crippen LogP contribution < -0.4 is 10.0 Å². The number of hydrogen-bond acceptors (Lipinski definition) is 4. The summed E-state index contributed by atoms with van der Waals surface area (Å²) >= 11 is 6.71. The first-order valence-corrected chi connectivity index (χ1v) is 8.31. The molecule has 0 bridgehead atoms. The third kappa shape index (κ3) is 3.49. The summed E-state index contributed by atoms with van der Waals surface area (Å²) in [7, 11) is -1.93. The number of anilines is 1. The van der Waals surface area contributed by atoms with Gasteiger partial charge in [0.15, 0.2) is 0 Å². The van der Waals surface area contributed by atoms with Gasteiger partial charge in [0, 0.05) is 11.4 Å². The molecule has 2 N–H and O–H groups in total. The Hall–Kier alpha value is -1.15. The minimum Gasteiger partial charge on any atom is -0.315 e. The molecule has 2 rings (SSSR count). The summed E-state index contributed by atoms with van der Waals surface area (Å²) in [6.45, 7) is 0.593. The van der Waals surface area contributed by atoms with E-state index < -0.39 is 15.8 Å². The van der Waals surface area contributed by atoms with Crippen molar-refractivity contribution < 1.29 is 12.8 Å². The molecule has 0 atom stereocenters. The largest absolute Gasteiger partial charge is 0.315 e. The molecule has 1 aromatic carbocycles. The van der Waals surface area contributed by atoms with Crippen LogP contribution >= 0.6 is 22.9 Å². The van der Waals surface area contributed by atoms with Crippen molar-refractivity contribution in [3.05, 3.63) is 46.0 Å². The quantitative estimate of drug-likeness (QED) is 0.883. The maximum atomic E-state index is 13.3. The molecule has 0 fully saturated rings. The molecule has 0 aliphatic rings. The minimum absolute atomic E-state index is 0.0552. The van der Waals surface area contributed by atoms with Crippen LogP contribution in [0.15, 0.2) is 34.5 Å². The molecule has 1 aromatic heterocycles. The van der Waals surface area contributed by atoms with Crippen LogP contribution in [0.3, 0.4) is 0 Å². The summed E-state index contributed by atoms with van der Waals surface area (Å²) in [5, 5.41) is 2.89. The Labute approximate surface area is 125 Å². The number of sulfonamides is 1. The van der Waals surface area contributed by atoms with Gasteiger partial charge in [-0.05, 0) is 37.4 Å². The van der Waals surface area contributed by atoms with E-state index in [0.29, 0.717) is 6.54 Å². The Morgan fingerprint density at radius 3 is 2.70 bits per heavy atom. The van der Waals surface area contributed by atoms with E-state index in [1.165, 1.54) is 18.2 Å². The summed E-state index contributed by atoms with van der Waals surface area (Å²) in [6.07, 6.45) is 0. The smallest absolute Gasteiger partial charge is 0.271 e. The van der Waals surface area contributed by atoms with Gasteiger partial charge in [0.2, 0.25) is 0 Å². The molecular formula is C12H12ClFN2O2S2. The van der Waals surface area contributed by atoms with Crippen molar-refractivity contribution >= 4 is 38.6 Å². The van der Waals surface area contributed by atoms with E-state index in [1.807, 2.05) is 0 Å². The molecule has 0 saturated carbocycles. The van der Waals surface area contributed by atoms with E-state index in [1.54, 1.807) is 13.1 Å². The Morgan fingerprint density at radius 1 is 1.30 bits per heavy atom. The maximum Gasteiger partial charge on any atom is 0.271 e. The zero-order valence-corrected chi connectivity index (χ0v) is 12.9. The van der Waals surface area contributed by atoms with Gasteiger partial charge in [0.05, 0.1) is 10.7 Å². The first-order valence-electron chi connectivity index (χ1n) is 5.63. The summed E-state index contributed by atoms with van der Waals surface area (Å²) in [4.78, 5) is 0.898. The van der Waals surface area contributed by atoms with E-state index >= 15 is 0 Å². The van der Waals surface area contributed by atoms with Crippen LogP contribution in [0.1, 0.15) is 4.88 Å². The second-order valence-corrected chi connectivity index (χ2v) is 7.47.